The molecule has 4 rings (SSSR count). The summed E-state index contributed by atoms with van der Waals surface area (Å²) in [7, 11) is 0. The van der Waals surface area contributed by atoms with E-state index in [1.807, 2.05) is 48.6 Å². The Balaban J connectivity index is 1.49. The van der Waals surface area contributed by atoms with Crippen LogP contribution in [0.2, 0.25) is 0 Å². The van der Waals surface area contributed by atoms with Crippen molar-refractivity contribution in [1.29, 1.82) is 0 Å². The highest BCUT2D eigenvalue weighted by Gasteiger charge is 2.38. The minimum Gasteiger partial charge on any atom is -0.482 e. The van der Waals surface area contributed by atoms with Gasteiger partial charge in [-0.05, 0) is 31.9 Å². The predicted octanol–water partition coefficient (Wildman–Crippen LogP) is 2.28. The minimum atomic E-state index is -0.596. The lowest BCUT2D eigenvalue weighted by atomic mass is 10.0. The summed E-state index contributed by atoms with van der Waals surface area (Å²) in [5.41, 5.74) is 0. The first-order valence-electron chi connectivity index (χ1n) is 8.41. The molecule has 2 aliphatic rings. The Morgan fingerprint density at radius 3 is 2.79 bits per heavy atom. The third-order valence-electron chi connectivity index (χ3n) is 4.74. The Hall–Kier alpha value is -2.50. The normalized spacial score (nSPS) is 26.2. The van der Waals surface area contributed by atoms with Crippen LogP contribution in [0.3, 0.4) is 0 Å². The molecule has 0 N–H and O–H groups in total. The third kappa shape index (κ3) is 2.72. The SMILES string of the molecule is C[C@@H]1Oc2ccccc2O[C@@H]1C(=O)N1CCC[C@H](n2ccnc2)C1. The molecule has 0 radical (unpaired) electrons. The lowest BCUT2D eigenvalue weighted by Crippen LogP contribution is -2.53. The van der Waals surface area contributed by atoms with Crippen LogP contribution < -0.4 is 9.47 Å². The number of nitrogens with zero attached hydrogens (tertiary/aromatic N) is 3. The molecule has 6 nitrogen and oxygen atoms in total. The Morgan fingerprint density at radius 1 is 1.25 bits per heavy atom. The molecule has 3 heterocycles. The fraction of sp³-hybridized carbons (Fsp3) is 0.444. The quantitative estimate of drug-likeness (QED) is 0.849. The zero-order valence-corrected chi connectivity index (χ0v) is 13.7. The van der Waals surface area contributed by atoms with Gasteiger partial charge < -0.3 is 18.9 Å². The number of hydrogen-bond acceptors (Lipinski definition) is 4. The van der Waals surface area contributed by atoms with Crippen LogP contribution in [0, 0.1) is 0 Å². The van der Waals surface area contributed by atoms with E-state index < -0.39 is 6.10 Å². The molecule has 126 valence electrons. The number of likely N-dealkylation sites (tertiary alicyclic amines) is 1. The molecule has 6 heteroatoms. The molecule has 0 saturated carbocycles. The van der Waals surface area contributed by atoms with Gasteiger partial charge in [0.1, 0.15) is 6.10 Å². The first-order valence-corrected chi connectivity index (χ1v) is 8.41. The van der Waals surface area contributed by atoms with Crippen LogP contribution in [-0.4, -0.2) is 45.7 Å². The molecule has 1 aromatic carbocycles. The summed E-state index contributed by atoms with van der Waals surface area (Å²) in [4.78, 5) is 19.0. The van der Waals surface area contributed by atoms with Crippen LogP contribution in [0.1, 0.15) is 25.8 Å². The van der Waals surface area contributed by atoms with Gasteiger partial charge in [0.25, 0.3) is 5.91 Å². The summed E-state index contributed by atoms with van der Waals surface area (Å²) < 4.78 is 13.9. The second kappa shape index (κ2) is 6.19. The molecule has 3 atom stereocenters. The predicted molar refractivity (Wildman–Crippen MR) is 88.0 cm³/mol. The largest absolute Gasteiger partial charge is 0.482 e. The van der Waals surface area contributed by atoms with Crippen molar-refractivity contribution in [2.24, 2.45) is 0 Å². The van der Waals surface area contributed by atoms with Crippen LogP contribution in [-0.2, 0) is 4.79 Å². The first-order chi connectivity index (χ1) is 11.7. The van der Waals surface area contributed by atoms with Crippen LogP contribution in [0.5, 0.6) is 11.5 Å². The fourth-order valence-electron chi connectivity index (χ4n) is 3.45. The lowest BCUT2D eigenvalue weighted by Gasteiger charge is -2.38. The van der Waals surface area contributed by atoms with E-state index in [1.54, 1.807) is 6.20 Å². The Morgan fingerprint density at radius 2 is 2.04 bits per heavy atom. The van der Waals surface area contributed by atoms with Gasteiger partial charge in [-0.25, -0.2) is 4.98 Å². The van der Waals surface area contributed by atoms with E-state index in [0.717, 1.165) is 19.4 Å². The average molecular weight is 327 g/mol. The van der Waals surface area contributed by atoms with Crippen LogP contribution in [0.4, 0.5) is 0 Å². The molecule has 0 bridgehead atoms. The topological polar surface area (TPSA) is 56.6 Å². The van der Waals surface area contributed by atoms with E-state index in [0.29, 0.717) is 18.0 Å². The molecule has 1 saturated heterocycles. The average Bonchev–Trinajstić information content (AvgIpc) is 3.15. The number of ether oxygens (including phenoxy) is 2. The lowest BCUT2D eigenvalue weighted by molar-refractivity contribution is -0.146. The Kier molecular flexibility index (Phi) is 3.88. The number of para-hydroxylation sites is 2. The number of amides is 1. The number of aromatic nitrogens is 2. The molecule has 2 aliphatic heterocycles. The van der Waals surface area contributed by atoms with Crippen LogP contribution in [0.25, 0.3) is 0 Å². The Labute approximate surface area is 141 Å². The monoisotopic (exact) mass is 327 g/mol. The molecule has 0 aliphatic carbocycles. The summed E-state index contributed by atoms with van der Waals surface area (Å²) >= 11 is 0. The van der Waals surface area contributed by atoms with E-state index in [9.17, 15) is 4.79 Å². The summed E-state index contributed by atoms with van der Waals surface area (Å²) in [6.45, 7) is 3.33. The van der Waals surface area contributed by atoms with E-state index >= 15 is 0 Å². The van der Waals surface area contributed by atoms with Gasteiger partial charge in [0.2, 0.25) is 6.10 Å². The summed E-state index contributed by atoms with van der Waals surface area (Å²) in [5, 5.41) is 0. The van der Waals surface area contributed by atoms with E-state index in [-0.39, 0.29) is 18.1 Å². The highest BCUT2D eigenvalue weighted by atomic mass is 16.6. The number of carbonyl (C=O) groups excluding carboxylic acids is 1. The van der Waals surface area contributed by atoms with Gasteiger partial charge in [-0.1, -0.05) is 12.1 Å². The smallest absolute Gasteiger partial charge is 0.267 e. The van der Waals surface area contributed by atoms with E-state index in [1.165, 1.54) is 0 Å². The minimum absolute atomic E-state index is 0.00168. The maximum atomic E-state index is 13.0. The van der Waals surface area contributed by atoms with E-state index in [2.05, 4.69) is 9.55 Å². The van der Waals surface area contributed by atoms with Crippen molar-refractivity contribution in [3.8, 4) is 11.5 Å². The molecule has 2 aromatic rings. The number of fused-ring (bicyclic) bond motifs is 1. The fourth-order valence-corrected chi connectivity index (χ4v) is 3.45. The maximum absolute atomic E-state index is 13.0. The highest BCUT2D eigenvalue weighted by molar-refractivity contribution is 5.82. The van der Waals surface area contributed by atoms with Gasteiger partial charge in [0, 0.05) is 25.5 Å². The van der Waals surface area contributed by atoms with Gasteiger partial charge in [0.05, 0.1) is 12.4 Å². The number of carbonyl (C=O) groups is 1. The molecule has 0 unspecified atom stereocenters. The van der Waals surface area contributed by atoms with Gasteiger partial charge in [-0.15, -0.1) is 0 Å². The molecule has 24 heavy (non-hydrogen) atoms. The van der Waals surface area contributed by atoms with Gasteiger partial charge >= 0.3 is 0 Å². The zero-order valence-electron chi connectivity index (χ0n) is 13.7. The molecule has 1 aromatic heterocycles. The van der Waals surface area contributed by atoms with Crippen molar-refractivity contribution in [2.75, 3.05) is 13.1 Å². The standard InChI is InChI=1S/C18H21N3O3/c1-13-17(24-16-7-3-2-6-15(16)23-13)18(22)20-9-4-5-14(11-20)21-10-8-19-12-21/h2-3,6-8,10,12-14,17H,4-5,9,11H2,1H3/t13-,14-,17-/m0/s1. The van der Waals surface area contributed by atoms with Crippen molar-refractivity contribution >= 4 is 5.91 Å². The van der Waals surface area contributed by atoms with Crippen molar-refractivity contribution in [2.45, 2.75) is 38.0 Å². The van der Waals surface area contributed by atoms with E-state index in [4.69, 9.17) is 9.47 Å². The van der Waals surface area contributed by atoms with Crippen molar-refractivity contribution in [3.63, 3.8) is 0 Å². The highest BCUT2D eigenvalue weighted by Crippen LogP contribution is 2.34. The second-order valence-corrected chi connectivity index (χ2v) is 6.40. The molecule has 1 fully saturated rings. The molecular formula is C18H21N3O3. The number of piperidine rings is 1. The number of hydrogen-bond donors (Lipinski definition) is 0. The van der Waals surface area contributed by atoms with Crippen molar-refractivity contribution in [1.82, 2.24) is 14.5 Å². The summed E-state index contributed by atoms with van der Waals surface area (Å²) in [6, 6.07) is 7.76. The number of rotatable bonds is 2. The van der Waals surface area contributed by atoms with Gasteiger partial charge in [0.15, 0.2) is 11.5 Å². The van der Waals surface area contributed by atoms with Crippen LogP contribution >= 0.6 is 0 Å². The molecule has 0 spiro atoms. The van der Waals surface area contributed by atoms with Crippen LogP contribution in [0.15, 0.2) is 43.0 Å². The van der Waals surface area contributed by atoms with Crippen molar-refractivity contribution < 1.29 is 14.3 Å². The number of benzene rings is 1. The maximum Gasteiger partial charge on any atom is 0.267 e. The summed E-state index contributed by atoms with van der Waals surface area (Å²) in [5.74, 6) is 1.34. The molecule has 1 amide bonds. The first kappa shape index (κ1) is 15.1. The number of imidazole rings is 1. The second-order valence-electron chi connectivity index (χ2n) is 6.40. The van der Waals surface area contributed by atoms with Gasteiger partial charge in [-0.3, -0.25) is 4.79 Å². The summed E-state index contributed by atoms with van der Waals surface area (Å²) in [6.07, 6.45) is 6.68. The Bertz CT molecular complexity index is 716. The molecular weight excluding hydrogens is 306 g/mol. The van der Waals surface area contributed by atoms with Gasteiger partial charge in [-0.2, -0.15) is 0 Å². The third-order valence-corrected chi connectivity index (χ3v) is 4.74. The van der Waals surface area contributed by atoms with Crippen molar-refractivity contribution in [3.05, 3.63) is 43.0 Å². The zero-order chi connectivity index (χ0) is 16.5.